The number of aliphatic hydroxyl groups is 1. The highest BCUT2D eigenvalue weighted by molar-refractivity contribution is 5.29. The first-order chi connectivity index (χ1) is 4.93. The van der Waals surface area contributed by atoms with Gasteiger partial charge in [0.25, 0.3) is 5.85 Å². The van der Waals surface area contributed by atoms with Crippen LogP contribution in [0.15, 0.2) is 23.8 Å². The van der Waals surface area contributed by atoms with Gasteiger partial charge in [-0.1, -0.05) is 0 Å². The van der Waals surface area contributed by atoms with Crippen molar-refractivity contribution in [3.8, 4) is 0 Å². The molecule has 0 heterocycles. The van der Waals surface area contributed by atoms with E-state index in [9.17, 15) is 17.6 Å². The van der Waals surface area contributed by atoms with E-state index in [0.717, 1.165) is 0 Å². The van der Waals surface area contributed by atoms with E-state index in [2.05, 4.69) is 0 Å². The number of allylic oxidation sites excluding steroid dienone is 2. The molecule has 2 unspecified atom stereocenters. The van der Waals surface area contributed by atoms with Crippen LogP contribution in [0.1, 0.15) is 0 Å². The second-order valence-electron chi connectivity index (χ2n) is 2.14. The van der Waals surface area contributed by atoms with Crippen LogP contribution in [-0.2, 0) is 0 Å². The van der Waals surface area contributed by atoms with Crippen molar-refractivity contribution >= 4 is 0 Å². The molecule has 0 bridgehead atoms. The molecule has 1 aliphatic rings. The molecule has 5 heteroatoms. The van der Waals surface area contributed by atoms with Gasteiger partial charge in [-0.3, -0.25) is 0 Å². The van der Waals surface area contributed by atoms with Gasteiger partial charge in [0.05, 0.1) is 0 Å². The lowest BCUT2D eigenvalue weighted by Crippen LogP contribution is -2.33. The lowest BCUT2D eigenvalue weighted by atomic mass is 10.1. The van der Waals surface area contributed by atoms with Crippen LogP contribution in [0.3, 0.4) is 0 Å². The number of halogens is 4. The third-order valence-electron chi connectivity index (χ3n) is 1.24. The topological polar surface area (TPSA) is 20.2 Å². The van der Waals surface area contributed by atoms with Crippen LogP contribution < -0.4 is 0 Å². The van der Waals surface area contributed by atoms with Crippen LogP contribution in [0, 0.1) is 0 Å². The maximum Gasteiger partial charge on any atom is 0.264 e. The zero-order chi connectivity index (χ0) is 8.65. The van der Waals surface area contributed by atoms with Crippen molar-refractivity contribution in [3.05, 3.63) is 23.8 Å². The Hall–Kier alpha value is -0.840. The Morgan fingerprint density at radius 2 is 1.91 bits per heavy atom. The fourth-order valence-electron chi connectivity index (χ4n) is 0.651. The molecular formula is C6H4F4O. The summed E-state index contributed by atoms with van der Waals surface area (Å²) in [5.74, 6) is -6.52. The number of hydrogen-bond acceptors (Lipinski definition) is 1. The minimum atomic E-state index is -3.43. The summed E-state index contributed by atoms with van der Waals surface area (Å²) >= 11 is 0. The molecule has 2 atom stereocenters. The average Bonchev–Trinajstić information content (AvgIpc) is 1.83. The van der Waals surface area contributed by atoms with Crippen molar-refractivity contribution in [1.82, 2.24) is 0 Å². The van der Waals surface area contributed by atoms with Gasteiger partial charge in [-0.15, -0.1) is 0 Å². The van der Waals surface area contributed by atoms with Crippen molar-refractivity contribution in [2.75, 3.05) is 0 Å². The number of rotatable bonds is 0. The molecule has 0 aromatic carbocycles. The van der Waals surface area contributed by atoms with Crippen molar-refractivity contribution in [2.45, 2.75) is 12.0 Å². The highest BCUT2D eigenvalue weighted by atomic mass is 19.2. The third-order valence-corrected chi connectivity index (χ3v) is 1.24. The Bertz CT molecular complexity index is 231. The first-order valence-electron chi connectivity index (χ1n) is 2.75. The van der Waals surface area contributed by atoms with Crippen molar-refractivity contribution in [1.29, 1.82) is 0 Å². The van der Waals surface area contributed by atoms with Gasteiger partial charge in [0.15, 0.2) is 17.8 Å². The molecule has 0 saturated carbocycles. The quantitative estimate of drug-likeness (QED) is 0.546. The van der Waals surface area contributed by atoms with E-state index < -0.39 is 23.7 Å². The fourth-order valence-corrected chi connectivity index (χ4v) is 0.651. The van der Waals surface area contributed by atoms with E-state index in [0.29, 0.717) is 0 Å². The van der Waals surface area contributed by atoms with Crippen LogP contribution >= 0.6 is 0 Å². The molecule has 0 saturated heterocycles. The summed E-state index contributed by atoms with van der Waals surface area (Å²) in [5, 5.41) is 8.36. The summed E-state index contributed by atoms with van der Waals surface area (Å²) in [6.07, 6.45) is -2.66. The predicted molar refractivity (Wildman–Crippen MR) is 29.3 cm³/mol. The maximum absolute atomic E-state index is 12.3. The van der Waals surface area contributed by atoms with Crippen LogP contribution in [0.2, 0.25) is 0 Å². The van der Waals surface area contributed by atoms with Crippen LogP contribution in [0.5, 0.6) is 0 Å². The summed E-state index contributed by atoms with van der Waals surface area (Å²) in [6.45, 7) is 0. The summed E-state index contributed by atoms with van der Waals surface area (Å²) in [4.78, 5) is 0. The molecule has 0 aliphatic heterocycles. The van der Waals surface area contributed by atoms with Crippen LogP contribution in [-0.4, -0.2) is 17.1 Å². The number of hydrogen-bond donors (Lipinski definition) is 1. The van der Waals surface area contributed by atoms with Gasteiger partial charge >= 0.3 is 0 Å². The normalized spacial score (nSPS) is 38.1. The third kappa shape index (κ3) is 1.42. The molecule has 0 aromatic rings. The van der Waals surface area contributed by atoms with E-state index in [1.54, 1.807) is 0 Å². The lowest BCUT2D eigenvalue weighted by molar-refractivity contribution is -0.0893. The second kappa shape index (κ2) is 2.34. The van der Waals surface area contributed by atoms with Crippen molar-refractivity contribution in [2.24, 2.45) is 0 Å². The minimum absolute atomic E-state index is 0.0370. The van der Waals surface area contributed by atoms with Gasteiger partial charge in [0.2, 0.25) is 0 Å². The molecule has 0 spiro atoms. The molecule has 0 radical (unpaired) electrons. The van der Waals surface area contributed by atoms with Crippen LogP contribution in [0.4, 0.5) is 17.6 Å². The molecule has 62 valence electrons. The highest BCUT2D eigenvalue weighted by Gasteiger charge is 2.39. The van der Waals surface area contributed by atoms with Gasteiger partial charge in [-0.25, -0.2) is 17.6 Å². The molecule has 0 fully saturated rings. The SMILES string of the molecule is OC1(F)C=C(F)C(F)=CC1F. The maximum atomic E-state index is 12.3. The van der Waals surface area contributed by atoms with E-state index in [1.807, 2.05) is 0 Å². The zero-order valence-electron chi connectivity index (χ0n) is 5.19. The number of alkyl halides is 2. The van der Waals surface area contributed by atoms with Crippen LogP contribution in [0.25, 0.3) is 0 Å². The summed E-state index contributed by atoms with van der Waals surface area (Å²) in [5.41, 5.74) is 0. The van der Waals surface area contributed by atoms with Crippen molar-refractivity contribution in [3.63, 3.8) is 0 Å². The Labute approximate surface area is 59.6 Å². The summed E-state index contributed by atoms with van der Waals surface area (Å²) in [6, 6.07) is 0. The molecule has 1 nitrogen and oxygen atoms in total. The molecule has 11 heavy (non-hydrogen) atoms. The second-order valence-corrected chi connectivity index (χ2v) is 2.14. The van der Waals surface area contributed by atoms with E-state index in [-0.39, 0.29) is 12.2 Å². The molecule has 1 aliphatic carbocycles. The summed E-state index contributed by atoms with van der Waals surface area (Å²) in [7, 11) is 0. The molecular weight excluding hydrogens is 164 g/mol. The highest BCUT2D eigenvalue weighted by Crippen LogP contribution is 2.30. The van der Waals surface area contributed by atoms with Gasteiger partial charge in [0.1, 0.15) is 0 Å². The lowest BCUT2D eigenvalue weighted by Gasteiger charge is -2.19. The van der Waals surface area contributed by atoms with Gasteiger partial charge < -0.3 is 5.11 Å². The van der Waals surface area contributed by atoms with Gasteiger partial charge in [0, 0.05) is 6.08 Å². The minimum Gasteiger partial charge on any atom is -0.356 e. The molecule has 0 amide bonds. The first-order valence-corrected chi connectivity index (χ1v) is 2.75. The summed E-state index contributed by atoms with van der Waals surface area (Å²) < 4.78 is 48.7. The Morgan fingerprint density at radius 1 is 1.36 bits per heavy atom. The smallest absolute Gasteiger partial charge is 0.264 e. The zero-order valence-corrected chi connectivity index (χ0v) is 5.19. The van der Waals surface area contributed by atoms with Gasteiger partial charge in [-0.05, 0) is 6.08 Å². The van der Waals surface area contributed by atoms with Gasteiger partial charge in [-0.2, -0.15) is 0 Å². The standard InChI is InChI=1S/C6H4F4O/c7-3-1-5(9)6(10,11)2-4(3)8/h1-2,5,11H. The largest absolute Gasteiger partial charge is 0.356 e. The predicted octanol–water partition coefficient (Wildman–Crippen LogP) is 1.70. The molecule has 1 rings (SSSR count). The van der Waals surface area contributed by atoms with E-state index in [4.69, 9.17) is 5.11 Å². The Morgan fingerprint density at radius 3 is 2.36 bits per heavy atom. The first kappa shape index (κ1) is 8.26. The van der Waals surface area contributed by atoms with Crippen molar-refractivity contribution < 1.29 is 22.7 Å². The average molecular weight is 168 g/mol. The monoisotopic (exact) mass is 168 g/mol. The van der Waals surface area contributed by atoms with E-state index in [1.165, 1.54) is 0 Å². The molecule has 1 N–H and O–H groups in total. The molecule has 0 aromatic heterocycles. The fraction of sp³-hybridized carbons (Fsp3) is 0.333. The van der Waals surface area contributed by atoms with E-state index >= 15 is 0 Å². The Kier molecular flexibility index (Phi) is 1.75. The Balaban J connectivity index is 2.98.